The SMILES string of the molecule is CCCN=C(NCCc1ccco1)NC1CCN(c2ccccc2)CC1. The second kappa shape index (κ2) is 9.90. The summed E-state index contributed by atoms with van der Waals surface area (Å²) < 4.78 is 5.39. The zero-order valence-electron chi connectivity index (χ0n) is 15.7. The number of guanidine groups is 1. The molecule has 1 aliphatic heterocycles. The molecule has 0 bridgehead atoms. The van der Waals surface area contributed by atoms with Crippen molar-refractivity contribution in [3.05, 3.63) is 54.5 Å². The third-order valence-corrected chi connectivity index (χ3v) is 4.69. The predicted octanol–water partition coefficient (Wildman–Crippen LogP) is 3.44. The van der Waals surface area contributed by atoms with Crippen molar-refractivity contribution in [2.45, 2.75) is 38.6 Å². The lowest BCUT2D eigenvalue weighted by atomic mass is 10.0. The highest BCUT2D eigenvalue weighted by Gasteiger charge is 2.20. The van der Waals surface area contributed by atoms with E-state index in [9.17, 15) is 0 Å². The molecule has 1 aliphatic rings. The largest absolute Gasteiger partial charge is 0.469 e. The van der Waals surface area contributed by atoms with Gasteiger partial charge in [0.05, 0.1) is 6.26 Å². The highest BCUT2D eigenvalue weighted by atomic mass is 16.3. The molecular formula is C21H30N4O. The molecule has 0 atom stereocenters. The quantitative estimate of drug-likeness (QED) is 0.591. The number of rotatable bonds is 7. The molecule has 0 amide bonds. The third kappa shape index (κ3) is 5.55. The molecule has 0 spiro atoms. The maximum absolute atomic E-state index is 5.39. The third-order valence-electron chi connectivity index (χ3n) is 4.69. The van der Waals surface area contributed by atoms with Gasteiger partial charge < -0.3 is 20.0 Å². The average Bonchev–Trinajstić information content (AvgIpc) is 3.21. The minimum atomic E-state index is 0.474. The van der Waals surface area contributed by atoms with Crippen LogP contribution in [0.4, 0.5) is 5.69 Å². The fraction of sp³-hybridized carbons (Fsp3) is 0.476. The molecule has 1 saturated heterocycles. The minimum absolute atomic E-state index is 0.474. The fourth-order valence-electron chi connectivity index (χ4n) is 3.25. The highest BCUT2D eigenvalue weighted by molar-refractivity contribution is 5.80. The van der Waals surface area contributed by atoms with Gasteiger partial charge in [-0.05, 0) is 43.5 Å². The Morgan fingerprint density at radius 3 is 2.65 bits per heavy atom. The molecule has 2 N–H and O–H groups in total. The van der Waals surface area contributed by atoms with Crippen LogP contribution in [0.2, 0.25) is 0 Å². The van der Waals surface area contributed by atoms with E-state index in [2.05, 4.69) is 57.8 Å². The first-order valence-corrected chi connectivity index (χ1v) is 9.72. The number of benzene rings is 1. The molecule has 0 saturated carbocycles. The first-order valence-electron chi connectivity index (χ1n) is 9.72. The van der Waals surface area contributed by atoms with E-state index in [0.29, 0.717) is 6.04 Å². The smallest absolute Gasteiger partial charge is 0.191 e. The zero-order chi connectivity index (χ0) is 18.0. The Kier molecular flexibility index (Phi) is 6.99. The summed E-state index contributed by atoms with van der Waals surface area (Å²) in [4.78, 5) is 7.15. The lowest BCUT2D eigenvalue weighted by Crippen LogP contribution is -2.49. The number of para-hydroxylation sites is 1. The van der Waals surface area contributed by atoms with E-state index >= 15 is 0 Å². The Balaban J connectivity index is 1.46. The van der Waals surface area contributed by atoms with Crippen LogP contribution in [0.25, 0.3) is 0 Å². The summed E-state index contributed by atoms with van der Waals surface area (Å²) >= 11 is 0. The molecule has 3 rings (SSSR count). The number of anilines is 1. The van der Waals surface area contributed by atoms with Gasteiger partial charge in [0, 0.05) is 44.3 Å². The van der Waals surface area contributed by atoms with E-state index in [0.717, 1.165) is 63.6 Å². The van der Waals surface area contributed by atoms with Crippen molar-refractivity contribution in [3.8, 4) is 0 Å². The predicted molar refractivity (Wildman–Crippen MR) is 108 cm³/mol. The Morgan fingerprint density at radius 1 is 1.15 bits per heavy atom. The summed E-state index contributed by atoms with van der Waals surface area (Å²) in [5, 5.41) is 7.07. The van der Waals surface area contributed by atoms with E-state index < -0.39 is 0 Å². The minimum Gasteiger partial charge on any atom is -0.469 e. The molecular weight excluding hydrogens is 324 g/mol. The van der Waals surface area contributed by atoms with E-state index in [-0.39, 0.29) is 0 Å². The highest BCUT2D eigenvalue weighted by Crippen LogP contribution is 2.19. The van der Waals surface area contributed by atoms with Crippen LogP contribution < -0.4 is 15.5 Å². The second-order valence-electron chi connectivity index (χ2n) is 6.73. The van der Waals surface area contributed by atoms with E-state index in [1.54, 1.807) is 6.26 Å². The standard InChI is InChI=1S/C21H30N4O/c1-2-13-22-21(23-14-10-20-9-6-17-26-20)24-18-11-15-25(16-12-18)19-7-4-3-5-8-19/h3-9,17-18H,2,10-16H2,1H3,(H2,22,23,24). The molecule has 1 aromatic heterocycles. The van der Waals surface area contributed by atoms with E-state index in [1.165, 1.54) is 5.69 Å². The second-order valence-corrected chi connectivity index (χ2v) is 6.73. The molecule has 1 aromatic carbocycles. The summed E-state index contributed by atoms with van der Waals surface area (Å²) in [6.45, 7) is 5.98. The average molecular weight is 354 g/mol. The van der Waals surface area contributed by atoms with Gasteiger partial charge in [0.15, 0.2) is 5.96 Å². The van der Waals surface area contributed by atoms with Gasteiger partial charge >= 0.3 is 0 Å². The van der Waals surface area contributed by atoms with Gasteiger partial charge in [0.2, 0.25) is 0 Å². The normalized spacial score (nSPS) is 15.9. The molecule has 0 unspecified atom stereocenters. The van der Waals surface area contributed by atoms with Gasteiger partial charge in [0.25, 0.3) is 0 Å². The maximum Gasteiger partial charge on any atom is 0.191 e. The van der Waals surface area contributed by atoms with Crippen LogP contribution in [0.5, 0.6) is 0 Å². The van der Waals surface area contributed by atoms with Crippen LogP contribution in [0.1, 0.15) is 31.9 Å². The maximum atomic E-state index is 5.39. The van der Waals surface area contributed by atoms with Crippen LogP contribution in [0, 0.1) is 0 Å². The van der Waals surface area contributed by atoms with Crippen molar-refractivity contribution in [2.75, 3.05) is 31.1 Å². The summed E-state index contributed by atoms with van der Waals surface area (Å²) in [7, 11) is 0. The summed E-state index contributed by atoms with van der Waals surface area (Å²) in [5.74, 6) is 1.93. The van der Waals surface area contributed by atoms with Crippen LogP contribution in [-0.4, -0.2) is 38.2 Å². The molecule has 0 aliphatic carbocycles. The van der Waals surface area contributed by atoms with Crippen LogP contribution in [-0.2, 0) is 6.42 Å². The molecule has 140 valence electrons. The molecule has 2 aromatic rings. The number of hydrogen-bond donors (Lipinski definition) is 2. The summed E-state index contributed by atoms with van der Waals surface area (Å²) in [6.07, 6.45) is 5.89. The van der Waals surface area contributed by atoms with Crippen molar-refractivity contribution in [2.24, 2.45) is 4.99 Å². The van der Waals surface area contributed by atoms with E-state index in [4.69, 9.17) is 4.42 Å². The molecule has 5 nitrogen and oxygen atoms in total. The van der Waals surface area contributed by atoms with Crippen molar-refractivity contribution in [1.29, 1.82) is 0 Å². The Bertz CT molecular complexity index is 646. The zero-order valence-corrected chi connectivity index (χ0v) is 15.7. The van der Waals surface area contributed by atoms with Crippen LogP contribution in [0.15, 0.2) is 58.1 Å². The van der Waals surface area contributed by atoms with Crippen molar-refractivity contribution >= 4 is 11.6 Å². The molecule has 5 heteroatoms. The topological polar surface area (TPSA) is 52.8 Å². The number of nitrogens with zero attached hydrogens (tertiary/aromatic N) is 2. The van der Waals surface area contributed by atoms with Gasteiger partial charge in [-0.15, -0.1) is 0 Å². The van der Waals surface area contributed by atoms with Gasteiger partial charge in [-0.25, -0.2) is 0 Å². The van der Waals surface area contributed by atoms with Crippen LogP contribution in [0.3, 0.4) is 0 Å². The molecule has 0 radical (unpaired) electrons. The van der Waals surface area contributed by atoms with Crippen molar-refractivity contribution in [3.63, 3.8) is 0 Å². The first-order chi connectivity index (χ1) is 12.8. The molecule has 26 heavy (non-hydrogen) atoms. The lowest BCUT2D eigenvalue weighted by Gasteiger charge is -2.34. The van der Waals surface area contributed by atoms with Crippen molar-refractivity contribution in [1.82, 2.24) is 10.6 Å². The van der Waals surface area contributed by atoms with Gasteiger partial charge in [-0.1, -0.05) is 25.1 Å². The first kappa shape index (κ1) is 18.4. The Hall–Kier alpha value is -2.43. The lowest BCUT2D eigenvalue weighted by molar-refractivity contribution is 0.460. The number of hydrogen-bond acceptors (Lipinski definition) is 3. The summed E-state index contributed by atoms with van der Waals surface area (Å²) in [6, 6.07) is 15.1. The molecule has 1 fully saturated rings. The van der Waals surface area contributed by atoms with Crippen molar-refractivity contribution < 1.29 is 4.42 Å². The fourth-order valence-corrected chi connectivity index (χ4v) is 3.25. The monoisotopic (exact) mass is 354 g/mol. The van der Waals surface area contributed by atoms with Gasteiger partial charge in [0.1, 0.15) is 5.76 Å². The number of aliphatic imine (C=N–C) groups is 1. The summed E-state index contributed by atoms with van der Waals surface area (Å²) in [5.41, 5.74) is 1.32. The Labute approximate surface area is 156 Å². The Morgan fingerprint density at radius 2 is 1.96 bits per heavy atom. The van der Waals surface area contributed by atoms with E-state index in [1.807, 2.05) is 12.1 Å². The van der Waals surface area contributed by atoms with Gasteiger partial charge in [-0.2, -0.15) is 0 Å². The molecule has 2 heterocycles. The van der Waals surface area contributed by atoms with Gasteiger partial charge in [-0.3, -0.25) is 4.99 Å². The van der Waals surface area contributed by atoms with Crippen LogP contribution >= 0.6 is 0 Å². The number of furan rings is 1. The number of nitrogens with one attached hydrogen (secondary N) is 2. The number of piperidine rings is 1.